The lowest BCUT2D eigenvalue weighted by Gasteiger charge is -2.36. The summed E-state index contributed by atoms with van der Waals surface area (Å²) in [4.78, 5) is 5.12. The Labute approximate surface area is 114 Å². The van der Waals surface area contributed by atoms with Crippen molar-refractivity contribution in [2.45, 2.75) is 46.3 Å². The van der Waals surface area contributed by atoms with Gasteiger partial charge in [0.1, 0.15) is 0 Å². The van der Waals surface area contributed by atoms with Crippen molar-refractivity contribution in [3.63, 3.8) is 0 Å². The molecule has 0 aliphatic carbocycles. The van der Waals surface area contributed by atoms with E-state index in [-0.39, 0.29) is 0 Å². The Morgan fingerprint density at radius 2 is 1.44 bits per heavy atom. The van der Waals surface area contributed by atoms with Gasteiger partial charge < -0.3 is 8.85 Å². The molecule has 1 rings (SSSR count). The number of likely N-dealkylation sites (N-methyl/N-ethyl adjacent to an activating group) is 2. The van der Waals surface area contributed by atoms with Crippen LogP contribution in [0.4, 0.5) is 0 Å². The first kappa shape index (κ1) is 16.1. The van der Waals surface area contributed by atoms with Gasteiger partial charge in [0.05, 0.1) is 6.17 Å². The van der Waals surface area contributed by atoms with Gasteiger partial charge in [-0.3, -0.25) is 9.80 Å². The summed E-state index contributed by atoms with van der Waals surface area (Å²) in [6.07, 6.45) is 0.509. The molecule has 18 heavy (non-hydrogen) atoms. The third-order valence-electron chi connectivity index (χ3n) is 3.80. The predicted octanol–water partition coefficient (Wildman–Crippen LogP) is 1.65. The van der Waals surface area contributed by atoms with Gasteiger partial charge in [-0.05, 0) is 26.9 Å². The molecule has 1 saturated heterocycles. The van der Waals surface area contributed by atoms with E-state index in [1.807, 2.05) is 0 Å². The zero-order chi connectivity index (χ0) is 13.5. The van der Waals surface area contributed by atoms with Crippen molar-refractivity contribution in [1.29, 1.82) is 0 Å². The van der Waals surface area contributed by atoms with Crippen LogP contribution in [0.25, 0.3) is 0 Å². The van der Waals surface area contributed by atoms with Crippen LogP contribution in [0.1, 0.15) is 34.6 Å². The van der Waals surface area contributed by atoms with Crippen molar-refractivity contribution >= 4 is 9.28 Å². The zero-order valence-corrected chi connectivity index (χ0v) is 13.8. The van der Waals surface area contributed by atoms with Crippen LogP contribution in [0.5, 0.6) is 0 Å². The fourth-order valence-corrected chi connectivity index (χ4v) is 5.06. The van der Waals surface area contributed by atoms with E-state index in [2.05, 4.69) is 44.4 Å². The van der Waals surface area contributed by atoms with Gasteiger partial charge in [0.2, 0.25) is 0 Å². The Bertz CT molecular complexity index is 213. The first-order valence-electron chi connectivity index (χ1n) is 7.40. The van der Waals surface area contributed by atoms with Crippen molar-refractivity contribution in [3.05, 3.63) is 0 Å². The molecule has 0 N–H and O–H groups in total. The molecule has 0 aromatic rings. The smallest absolute Gasteiger partial charge is 0.327 e. The SMILES string of the molecule is CCO[SiH](OCC)C(C)C1N(CC)CCN1CC. The number of hydrogen-bond donors (Lipinski definition) is 0. The molecular weight excluding hydrogens is 244 g/mol. The third-order valence-corrected chi connectivity index (χ3v) is 6.32. The van der Waals surface area contributed by atoms with E-state index in [1.165, 1.54) is 13.1 Å². The van der Waals surface area contributed by atoms with Crippen molar-refractivity contribution < 1.29 is 8.85 Å². The monoisotopic (exact) mass is 274 g/mol. The average Bonchev–Trinajstić information content (AvgIpc) is 2.80. The quantitative estimate of drug-likeness (QED) is 0.629. The Balaban J connectivity index is 2.72. The van der Waals surface area contributed by atoms with E-state index in [0.717, 1.165) is 26.3 Å². The molecule has 0 aromatic heterocycles. The Kier molecular flexibility index (Phi) is 7.40. The molecule has 0 saturated carbocycles. The van der Waals surface area contributed by atoms with Crippen LogP contribution in [-0.4, -0.2) is 64.6 Å². The second kappa shape index (κ2) is 8.27. The zero-order valence-electron chi connectivity index (χ0n) is 12.7. The Hall–Kier alpha value is 0.0569. The molecule has 0 spiro atoms. The number of rotatable bonds is 8. The maximum absolute atomic E-state index is 5.91. The lowest BCUT2D eigenvalue weighted by molar-refractivity contribution is 0.114. The minimum atomic E-state index is -1.57. The van der Waals surface area contributed by atoms with E-state index in [0.29, 0.717) is 11.7 Å². The lowest BCUT2D eigenvalue weighted by Crippen LogP contribution is -2.47. The highest BCUT2D eigenvalue weighted by molar-refractivity contribution is 6.46. The molecule has 4 nitrogen and oxygen atoms in total. The first-order valence-corrected chi connectivity index (χ1v) is 9.01. The summed E-state index contributed by atoms with van der Waals surface area (Å²) in [6, 6.07) is 0. The lowest BCUT2D eigenvalue weighted by atomic mass is 10.3. The van der Waals surface area contributed by atoms with E-state index in [1.54, 1.807) is 0 Å². The van der Waals surface area contributed by atoms with Gasteiger partial charge in [-0.25, -0.2) is 0 Å². The molecule has 1 unspecified atom stereocenters. The minimum Gasteiger partial charge on any atom is -0.397 e. The molecule has 0 radical (unpaired) electrons. The van der Waals surface area contributed by atoms with E-state index >= 15 is 0 Å². The van der Waals surface area contributed by atoms with Crippen LogP contribution in [0, 0.1) is 0 Å². The van der Waals surface area contributed by atoms with E-state index in [4.69, 9.17) is 8.85 Å². The molecule has 0 bridgehead atoms. The second-order valence-corrected chi connectivity index (χ2v) is 7.26. The summed E-state index contributed by atoms with van der Waals surface area (Å²) >= 11 is 0. The van der Waals surface area contributed by atoms with Crippen LogP contribution in [0.3, 0.4) is 0 Å². The summed E-state index contributed by atoms with van der Waals surface area (Å²) in [5.41, 5.74) is 0.507. The van der Waals surface area contributed by atoms with Crippen molar-refractivity contribution in [1.82, 2.24) is 9.80 Å². The fraction of sp³-hybridized carbons (Fsp3) is 1.00. The molecule has 1 aliphatic rings. The largest absolute Gasteiger partial charge is 0.397 e. The summed E-state index contributed by atoms with van der Waals surface area (Å²) in [5, 5.41) is 0. The van der Waals surface area contributed by atoms with Gasteiger partial charge in [0, 0.05) is 31.8 Å². The first-order chi connectivity index (χ1) is 8.69. The topological polar surface area (TPSA) is 24.9 Å². The average molecular weight is 274 g/mol. The van der Waals surface area contributed by atoms with Crippen LogP contribution in [0.2, 0.25) is 5.54 Å². The highest BCUT2D eigenvalue weighted by atomic mass is 28.3. The Morgan fingerprint density at radius 1 is 1.00 bits per heavy atom. The van der Waals surface area contributed by atoms with E-state index in [9.17, 15) is 0 Å². The minimum absolute atomic E-state index is 0.507. The summed E-state index contributed by atoms with van der Waals surface area (Å²) in [5.74, 6) is 0. The summed E-state index contributed by atoms with van der Waals surface area (Å²) < 4.78 is 11.8. The molecule has 1 fully saturated rings. The van der Waals surface area contributed by atoms with Crippen LogP contribution >= 0.6 is 0 Å². The molecule has 108 valence electrons. The van der Waals surface area contributed by atoms with Gasteiger partial charge in [-0.1, -0.05) is 20.8 Å². The Morgan fingerprint density at radius 3 is 1.78 bits per heavy atom. The van der Waals surface area contributed by atoms with Crippen molar-refractivity contribution in [3.8, 4) is 0 Å². The van der Waals surface area contributed by atoms with Crippen molar-refractivity contribution in [2.24, 2.45) is 0 Å². The van der Waals surface area contributed by atoms with Gasteiger partial charge >= 0.3 is 9.28 Å². The second-order valence-electron chi connectivity index (χ2n) is 4.81. The molecule has 1 aliphatic heterocycles. The molecular formula is C13H30N2O2Si. The highest BCUT2D eigenvalue weighted by Crippen LogP contribution is 2.28. The van der Waals surface area contributed by atoms with Crippen LogP contribution in [0.15, 0.2) is 0 Å². The molecule has 1 heterocycles. The third kappa shape index (κ3) is 3.77. The van der Waals surface area contributed by atoms with Crippen LogP contribution in [-0.2, 0) is 8.85 Å². The molecule has 0 amide bonds. The van der Waals surface area contributed by atoms with E-state index < -0.39 is 9.28 Å². The van der Waals surface area contributed by atoms with Crippen LogP contribution < -0.4 is 0 Å². The highest BCUT2D eigenvalue weighted by Gasteiger charge is 2.39. The normalized spacial score (nSPS) is 21.0. The number of hydrogen-bond acceptors (Lipinski definition) is 4. The molecule has 5 heteroatoms. The van der Waals surface area contributed by atoms with Gasteiger partial charge in [-0.15, -0.1) is 0 Å². The fourth-order valence-electron chi connectivity index (χ4n) is 2.93. The molecule has 1 atom stereocenters. The molecule has 0 aromatic carbocycles. The standard InChI is InChI=1S/C13H30N2O2Si/c1-6-14-10-11-15(7-2)13(14)12(5)18(16-8-3)17-9-4/h12-13,18H,6-11H2,1-5H3. The number of nitrogens with zero attached hydrogens (tertiary/aromatic N) is 2. The maximum Gasteiger partial charge on any atom is 0.327 e. The predicted molar refractivity (Wildman–Crippen MR) is 78.1 cm³/mol. The van der Waals surface area contributed by atoms with Gasteiger partial charge in [0.25, 0.3) is 0 Å². The summed E-state index contributed by atoms with van der Waals surface area (Å²) in [6.45, 7) is 17.1. The van der Waals surface area contributed by atoms with Crippen molar-refractivity contribution in [2.75, 3.05) is 39.4 Å². The summed E-state index contributed by atoms with van der Waals surface area (Å²) in [7, 11) is -1.57. The van der Waals surface area contributed by atoms with Gasteiger partial charge in [0.15, 0.2) is 0 Å². The van der Waals surface area contributed by atoms with Gasteiger partial charge in [-0.2, -0.15) is 0 Å². The maximum atomic E-state index is 5.91.